The standard InChI is InChI=1S/C10H20O/c1-6-7(2)9(4)11-10(5)8(6)3/h6-10H,1-5H3/t6?,7-,8?,9?,10?/m0/s1. The largest absolute Gasteiger partial charge is 0.375 e. The Kier molecular flexibility index (Phi) is 2.58. The van der Waals surface area contributed by atoms with E-state index >= 15 is 0 Å². The van der Waals surface area contributed by atoms with Crippen molar-refractivity contribution in [1.82, 2.24) is 0 Å². The van der Waals surface area contributed by atoms with E-state index in [9.17, 15) is 0 Å². The van der Waals surface area contributed by atoms with Gasteiger partial charge < -0.3 is 4.74 Å². The summed E-state index contributed by atoms with van der Waals surface area (Å²) in [6, 6.07) is 0. The minimum absolute atomic E-state index is 0.441. The number of hydrogen-bond acceptors (Lipinski definition) is 1. The first kappa shape index (κ1) is 9.05. The molecule has 0 aromatic heterocycles. The van der Waals surface area contributed by atoms with Gasteiger partial charge in [0.2, 0.25) is 0 Å². The van der Waals surface area contributed by atoms with Crippen LogP contribution >= 0.6 is 0 Å². The van der Waals surface area contributed by atoms with Crippen LogP contribution in [0, 0.1) is 17.8 Å². The van der Waals surface area contributed by atoms with E-state index in [-0.39, 0.29) is 0 Å². The van der Waals surface area contributed by atoms with Gasteiger partial charge in [0.25, 0.3) is 0 Å². The average molecular weight is 156 g/mol. The Bertz CT molecular complexity index is 119. The van der Waals surface area contributed by atoms with Crippen molar-refractivity contribution >= 4 is 0 Å². The Hall–Kier alpha value is -0.0400. The maximum atomic E-state index is 5.78. The van der Waals surface area contributed by atoms with Gasteiger partial charge in [-0.2, -0.15) is 0 Å². The van der Waals surface area contributed by atoms with Gasteiger partial charge in [-0.25, -0.2) is 0 Å². The number of hydrogen-bond donors (Lipinski definition) is 0. The molecule has 1 rings (SSSR count). The molecule has 66 valence electrons. The van der Waals surface area contributed by atoms with Gasteiger partial charge in [0.1, 0.15) is 0 Å². The molecule has 1 heterocycles. The van der Waals surface area contributed by atoms with Gasteiger partial charge in [-0.3, -0.25) is 0 Å². The highest BCUT2D eigenvalue weighted by molar-refractivity contribution is 4.81. The highest BCUT2D eigenvalue weighted by atomic mass is 16.5. The van der Waals surface area contributed by atoms with Crippen molar-refractivity contribution in [2.24, 2.45) is 17.8 Å². The summed E-state index contributed by atoms with van der Waals surface area (Å²) in [6.45, 7) is 11.3. The summed E-state index contributed by atoms with van der Waals surface area (Å²) in [4.78, 5) is 0. The molecule has 1 aliphatic heterocycles. The molecule has 1 aliphatic rings. The van der Waals surface area contributed by atoms with Crippen LogP contribution in [0.4, 0.5) is 0 Å². The first-order valence-electron chi connectivity index (χ1n) is 4.69. The summed E-state index contributed by atoms with van der Waals surface area (Å²) in [5.41, 5.74) is 0. The van der Waals surface area contributed by atoms with Crippen LogP contribution in [0.25, 0.3) is 0 Å². The van der Waals surface area contributed by atoms with Crippen LogP contribution in [-0.4, -0.2) is 12.2 Å². The molecule has 0 aromatic carbocycles. The van der Waals surface area contributed by atoms with E-state index in [1.807, 2.05) is 0 Å². The Labute approximate surface area is 70.1 Å². The highest BCUT2D eigenvalue weighted by Gasteiger charge is 2.34. The Morgan fingerprint density at radius 2 is 1.00 bits per heavy atom. The first-order valence-corrected chi connectivity index (χ1v) is 4.69. The van der Waals surface area contributed by atoms with E-state index in [4.69, 9.17) is 4.74 Å². The fourth-order valence-electron chi connectivity index (χ4n) is 1.92. The first-order chi connectivity index (χ1) is 5.04. The predicted molar refractivity (Wildman–Crippen MR) is 47.5 cm³/mol. The topological polar surface area (TPSA) is 9.23 Å². The lowest BCUT2D eigenvalue weighted by Crippen LogP contribution is -2.41. The van der Waals surface area contributed by atoms with Crippen LogP contribution < -0.4 is 0 Å². The van der Waals surface area contributed by atoms with Crippen LogP contribution in [-0.2, 0) is 4.74 Å². The molecule has 1 nitrogen and oxygen atoms in total. The predicted octanol–water partition coefficient (Wildman–Crippen LogP) is 2.70. The van der Waals surface area contributed by atoms with Crippen molar-refractivity contribution in [2.45, 2.75) is 46.8 Å². The maximum Gasteiger partial charge on any atom is 0.0578 e. The van der Waals surface area contributed by atoms with Crippen molar-refractivity contribution in [3.8, 4) is 0 Å². The second-order valence-corrected chi connectivity index (χ2v) is 4.12. The van der Waals surface area contributed by atoms with E-state index in [0.29, 0.717) is 24.0 Å². The van der Waals surface area contributed by atoms with Crippen molar-refractivity contribution in [3.05, 3.63) is 0 Å². The molecule has 1 saturated heterocycles. The van der Waals surface area contributed by atoms with E-state index in [1.165, 1.54) is 0 Å². The number of ether oxygens (including phenoxy) is 1. The van der Waals surface area contributed by atoms with Gasteiger partial charge in [-0.15, -0.1) is 0 Å². The van der Waals surface area contributed by atoms with Gasteiger partial charge in [-0.05, 0) is 31.6 Å². The molecule has 0 aliphatic carbocycles. The quantitative estimate of drug-likeness (QED) is 0.524. The van der Waals surface area contributed by atoms with Crippen molar-refractivity contribution in [2.75, 3.05) is 0 Å². The maximum absolute atomic E-state index is 5.78. The summed E-state index contributed by atoms with van der Waals surface area (Å²) in [6.07, 6.45) is 0.882. The molecular formula is C10H20O. The minimum atomic E-state index is 0.441. The Morgan fingerprint density at radius 3 is 1.36 bits per heavy atom. The normalized spacial score (nSPS) is 52.6. The van der Waals surface area contributed by atoms with Gasteiger partial charge in [-0.1, -0.05) is 20.8 Å². The van der Waals surface area contributed by atoms with E-state index < -0.39 is 0 Å². The fraction of sp³-hybridized carbons (Fsp3) is 1.00. The molecular weight excluding hydrogens is 136 g/mol. The van der Waals surface area contributed by atoms with Crippen LogP contribution in [0.15, 0.2) is 0 Å². The Morgan fingerprint density at radius 1 is 0.636 bits per heavy atom. The van der Waals surface area contributed by atoms with Crippen LogP contribution in [0.2, 0.25) is 0 Å². The lowest BCUT2D eigenvalue weighted by molar-refractivity contribution is -0.116. The molecule has 0 spiro atoms. The van der Waals surface area contributed by atoms with E-state index in [0.717, 1.165) is 5.92 Å². The van der Waals surface area contributed by atoms with Gasteiger partial charge in [0, 0.05) is 0 Å². The van der Waals surface area contributed by atoms with Gasteiger partial charge >= 0.3 is 0 Å². The summed E-state index contributed by atoms with van der Waals surface area (Å²) in [5.74, 6) is 2.22. The average Bonchev–Trinajstić information content (AvgIpc) is 1.97. The third-order valence-corrected chi connectivity index (χ3v) is 3.57. The fourth-order valence-corrected chi connectivity index (χ4v) is 1.92. The molecule has 1 fully saturated rings. The smallest absolute Gasteiger partial charge is 0.0578 e. The molecule has 4 unspecified atom stereocenters. The van der Waals surface area contributed by atoms with Crippen LogP contribution in [0.1, 0.15) is 34.6 Å². The molecule has 0 bridgehead atoms. The molecule has 5 atom stereocenters. The molecule has 0 amide bonds. The lowest BCUT2D eigenvalue weighted by Gasteiger charge is -2.41. The van der Waals surface area contributed by atoms with E-state index in [2.05, 4.69) is 34.6 Å². The molecule has 0 saturated carbocycles. The van der Waals surface area contributed by atoms with E-state index in [1.54, 1.807) is 0 Å². The monoisotopic (exact) mass is 156 g/mol. The van der Waals surface area contributed by atoms with Gasteiger partial charge in [0.15, 0.2) is 0 Å². The van der Waals surface area contributed by atoms with Crippen molar-refractivity contribution < 1.29 is 4.74 Å². The zero-order chi connectivity index (χ0) is 8.59. The zero-order valence-corrected chi connectivity index (χ0v) is 8.29. The summed E-state index contributed by atoms with van der Waals surface area (Å²) in [7, 11) is 0. The summed E-state index contributed by atoms with van der Waals surface area (Å²) < 4.78 is 5.78. The molecule has 11 heavy (non-hydrogen) atoms. The van der Waals surface area contributed by atoms with Crippen molar-refractivity contribution in [1.29, 1.82) is 0 Å². The molecule has 0 aromatic rings. The zero-order valence-electron chi connectivity index (χ0n) is 8.29. The Balaban J connectivity index is 2.63. The van der Waals surface area contributed by atoms with Crippen LogP contribution in [0.3, 0.4) is 0 Å². The SMILES string of the molecule is CC1OC(C)[C@@H](C)C(C)C1C. The molecule has 1 heteroatoms. The summed E-state index contributed by atoms with van der Waals surface area (Å²) in [5, 5.41) is 0. The van der Waals surface area contributed by atoms with Crippen LogP contribution in [0.5, 0.6) is 0 Å². The molecule has 0 N–H and O–H groups in total. The minimum Gasteiger partial charge on any atom is -0.375 e. The molecule has 0 radical (unpaired) electrons. The second kappa shape index (κ2) is 3.14. The highest BCUT2D eigenvalue weighted by Crippen LogP contribution is 2.34. The third kappa shape index (κ3) is 1.58. The summed E-state index contributed by atoms with van der Waals surface area (Å²) >= 11 is 0. The van der Waals surface area contributed by atoms with Crippen molar-refractivity contribution in [3.63, 3.8) is 0 Å². The number of rotatable bonds is 0. The third-order valence-electron chi connectivity index (χ3n) is 3.57. The lowest BCUT2D eigenvalue weighted by atomic mass is 9.77. The van der Waals surface area contributed by atoms with Gasteiger partial charge in [0.05, 0.1) is 12.2 Å². The second-order valence-electron chi connectivity index (χ2n) is 4.12.